The van der Waals surface area contributed by atoms with Crippen LogP contribution in [0.15, 0.2) is 78.1 Å². The molecule has 2 aromatic carbocycles. The van der Waals surface area contributed by atoms with Crippen LogP contribution in [-0.4, -0.2) is 19.7 Å². The summed E-state index contributed by atoms with van der Waals surface area (Å²) < 4.78 is 1.74. The topological polar surface area (TPSA) is 63.6 Å². The number of pyridine rings is 1. The van der Waals surface area contributed by atoms with E-state index in [-0.39, 0.29) is 5.43 Å². The van der Waals surface area contributed by atoms with Crippen molar-refractivity contribution in [3.63, 3.8) is 0 Å². The summed E-state index contributed by atoms with van der Waals surface area (Å²) in [5.74, 6) is 0. The number of nitrogens with zero attached hydrogens (tertiary/aromatic N) is 3. The predicted molar refractivity (Wildman–Crippen MR) is 108 cm³/mol. The minimum atomic E-state index is -0.0170. The van der Waals surface area contributed by atoms with E-state index in [1.54, 1.807) is 17.1 Å². The minimum Gasteiger partial charge on any atom is -0.361 e. The number of aromatic nitrogens is 4. The first-order valence-electron chi connectivity index (χ1n) is 8.69. The molecule has 5 aromatic rings. The molecule has 0 saturated heterocycles. The molecule has 130 valence electrons. The Morgan fingerprint density at radius 3 is 2.56 bits per heavy atom. The maximum atomic E-state index is 13.3. The van der Waals surface area contributed by atoms with E-state index in [4.69, 9.17) is 0 Å². The first kappa shape index (κ1) is 15.5. The van der Waals surface area contributed by atoms with Crippen LogP contribution in [0.25, 0.3) is 44.1 Å². The van der Waals surface area contributed by atoms with Gasteiger partial charge < -0.3 is 4.98 Å². The van der Waals surface area contributed by atoms with Crippen LogP contribution in [0.2, 0.25) is 0 Å². The second kappa shape index (κ2) is 5.92. The average molecular weight is 352 g/mol. The monoisotopic (exact) mass is 352 g/mol. The Kier molecular flexibility index (Phi) is 3.40. The number of benzene rings is 1. The van der Waals surface area contributed by atoms with E-state index < -0.39 is 0 Å². The van der Waals surface area contributed by atoms with Crippen molar-refractivity contribution >= 4 is 21.7 Å². The Balaban J connectivity index is 1.80. The molecule has 5 heteroatoms. The highest BCUT2D eigenvalue weighted by atomic mass is 16.1. The lowest BCUT2D eigenvalue weighted by Crippen LogP contribution is -2.00. The van der Waals surface area contributed by atoms with E-state index in [0.29, 0.717) is 16.3 Å². The molecule has 0 atom stereocenters. The van der Waals surface area contributed by atoms with Gasteiger partial charge in [-0.15, -0.1) is 0 Å². The van der Waals surface area contributed by atoms with Gasteiger partial charge in [0.25, 0.3) is 0 Å². The quantitative estimate of drug-likeness (QED) is 0.519. The van der Waals surface area contributed by atoms with Gasteiger partial charge in [-0.25, -0.2) is 0 Å². The Hall–Kier alpha value is -3.73. The summed E-state index contributed by atoms with van der Waals surface area (Å²) in [5.41, 5.74) is 4.46. The molecule has 0 spiro atoms. The Bertz CT molecular complexity index is 1350. The number of fused-ring (bicyclic) bond motifs is 2. The van der Waals surface area contributed by atoms with Crippen LogP contribution in [0.1, 0.15) is 0 Å². The lowest BCUT2D eigenvalue weighted by Gasteiger charge is -2.00. The molecule has 1 N–H and O–H groups in total. The summed E-state index contributed by atoms with van der Waals surface area (Å²) in [6, 6.07) is 15.6. The summed E-state index contributed by atoms with van der Waals surface area (Å²) in [7, 11) is 1.87. The van der Waals surface area contributed by atoms with E-state index in [1.165, 1.54) is 0 Å². The zero-order valence-corrected chi connectivity index (χ0v) is 14.7. The molecular weight excluding hydrogens is 336 g/mol. The highest BCUT2D eigenvalue weighted by molar-refractivity contribution is 5.94. The predicted octanol–water partition coefficient (Wildman–Crippen LogP) is 4.14. The molecule has 0 unspecified atom stereocenters. The van der Waals surface area contributed by atoms with Gasteiger partial charge >= 0.3 is 0 Å². The number of rotatable bonds is 2. The third-order valence-electron chi connectivity index (χ3n) is 4.83. The zero-order chi connectivity index (χ0) is 18.4. The van der Waals surface area contributed by atoms with Crippen LogP contribution in [0.4, 0.5) is 0 Å². The van der Waals surface area contributed by atoms with Gasteiger partial charge in [0.15, 0.2) is 5.43 Å². The van der Waals surface area contributed by atoms with Crippen molar-refractivity contribution in [1.29, 1.82) is 0 Å². The summed E-state index contributed by atoms with van der Waals surface area (Å²) >= 11 is 0. The Morgan fingerprint density at radius 1 is 0.926 bits per heavy atom. The minimum absolute atomic E-state index is 0.0170. The van der Waals surface area contributed by atoms with Crippen molar-refractivity contribution in [3.05, 3.63) is 83.5 Å². The molecule has 0 saturated carbocycles. The van der Waals surface area contributed by atoms with Crippen LogP contribution in [0.3, 0.4) is 0 Å². The van der Waals surface area contributed by atoms with Crippen molar-refractivity contribution in [2.75, 3.05) is 0 Å². The highest BCUT2D eigenvalue weighted by Gasteiger charge is 2.08. The fraction of sp³-hybridized carbons (Fsp3) is 0.0455. The number of aryl methyl sites for hydroxylation is 1. The molecule has 5 nitrogen and oxygen atoms in total. The van der Waals surface area contributed by atoms with Crippen molar-refractivity contribution in [2.45, 2.75) is 0 Å². The van der Waals surface area contributed by atoms with Gasteiger partial charge in [0.1, 0.15) is 0 Å². The van der Waals surface area contributed by atoms with E-state index in [0.717, 1.165) is 27.8 Å². The number of hydrogen-bond donors (Lipinski definition) is 1. The van der Waals surface area contributed by atoms with Gasteiger partial charge in [-0.2, -0.15) is 5.10 Å². The number of aromatic amines is 1. The molecule has 0 radical (unpaired) electrons. The van der Waals surface area contributed by atoms with Crippen LogP contribution in [-0.2, 0) is 7.05 Å². The maximum absolute atomic E-state index is 13.3. The first-order chi connectivity index (χ1) is 13.2. The molecule has 27 heavy (non-hydrogen) atoms. The van der Waals surface area contributed by atoms with Gasteiger partial charge in [0.05, 0.1) is 11.7 Å². The summed E-state index contributed by atoms with van der Waals surface area (Å²) in [4.78, 5) is 21.0. The number of hydrogen-bond acceptors (Lipinski definition) is 3. The van der Waals surface area contributed by atoms with Crippen molar-refractivity contribution < 1.29 is 0 Å². The second-order valence-corrected chi connectivity index (χ2v) is 6.61. The molecule has 5 rings (SSSR count). The molecule has 0 amide bonds. The van der Waals surface area contributed by atoms with E-state index in [2.05, 4.69) is 15.1 Å². The molecule has 3 heterocycles. The summed E-state index contributed by atoms with van der Waals surface area (Å²) in [6.07, 6.45) is 7.35. The van der Waals surface area contributed by atoms with Crippen LogP contribution in [0, 0.1) is 0 Å². The largest absolute Gasteiger partial charge is 0.361 e. The van der Waals surface area contributed by atoms with Crippen LogP contribution >= 0.6 is 0 Å². The molecule has 0 aliphatic carbocycles. The van der Waals surface area contributed by atoms with E-state index in [1.807, 2.05) is 68.0 Å². The molecule has 0 fully saturated rings. The lowest BCUT2D eigenvalue weighted by atomic mass is 10.1. The molecule has 0 aliphatic rings. The van der Waals surface area contributed by atoms with Gasteiger partial charge in [-0.3, -0.25) is 14.5 Å². The van der Waals surface area contributed by atoms with Crippen LogP contribution in [0.5, 0.6) is 0 Å². The van der Waals surface area contributed by atoms with Gasteiger partial charge in [0.2, 0.25) is 0 Å². The maximum Gasteiger partial charge on any atom is 0.195 e. The number of nitrogens with one attached hydrogen (secondary N) is 1. The van der Waals surface area contributed by atoms with Crippen molar-refractivity contribution in [1.82, 2.24) is 19.7 Å². The van der Waals surface area contributed by atoms with Gasteiger partial charge in [-0.05, 0) is 41.3 Å². The Morgan fingerprint density at radius 2 is 1.78 bits per heavy atom. The fourth-order valence-electron chi connectivity index (χ4n) is 3.41. The normalized spacial score (nSPS) is 11.3. The fourth-order valence-corrected chi connectivity index (χ4v) is 3.41. The zero-order valence-electron chi connectivity index (χ0n) is 14.7. The first-order valence-corrected chi connectivity index (χ1v) is 8.69. The molecule has 0 aliphatic heterocycles. The SMILES string of the molecule is Cn1cc(-c2cnc3ccc4ccc(-c5ccc[nH]5)cc4c(=O)c3c2)cn1. The van der Waals surface area contributed by atoms with E-state index in [9.17, 15) is 4.79 Å². The van der Waals surface area contributed by atoms with Crippen LogP contribution < -0.4 is 5.43 Å². The lowest BCUT2D eigenvalue weighted by molar-refractivity contribution is 0.768. The third-order valence-corrected chi connectivity index (χ3v) is 4.83. The summed E-state index contributed by atoms with van der Waals surface area (Å²) in [6.45, 7) is 0. The molecular formula is C22H16N4O. The smallest absolute Gasteiger partial charge is 0.195 e. The second-order valence-electron chi connectivity index (χ2n) is 6.61. The van der Waals surface area contributed by atoms with Crippen molar-refractivity contribution in [3.8, 4) is 22.4 Å². The van der Waals surface area contributed by atoms with Crippen molar-refractivity contribution in [2.24, 2.45) is 7.05 Å². The third kappa shape index (κ3) is 2.60. The Labute approximate surface area is 154 Å². The summed E-state index contributed by atoms with van der Waals surface area (Å²) in [5, 5.41) is 6.39. The molecule has 3 aromatic heterocycles. The van der Waals surface area contributed by atoms with Gasteiger partial charge in [-0.1, -0.05) is 18.2 Å². The number of H-pyrrole nitrogens is 1. The standard InChI is InChI=1S/C22H16N4O/c1-26-13-17(12-25-26)16-10-19-21(24-11-16)7-6-14-4-5-15(9-18(14)22(19)27)20-3-2-8-23-20/h2-13,23H,1H3. The van der Waals surface area contributed by atoms with E-state index >= 15 is 0 Å². The molecule has 0 bridgehead atoms. The van der Waals surface area contributed by atoms with Gasteiger partial charge in [0, 0.05) is 53.2 Å². The highest BCUT2D eigenvalue weighted by Crippen LogP contribution is 2.24. The average Bonchev–Trinajstić information content (AvgIpc) is 3.35.